The van der Waals surface area contributed by atoms with E-state index in [4.69, 9.17) is 0 Å². The molecular weight excluding hydrogens is 222 g/mol. The minimum absolute atomic E-state index is 0.117. The van der Waals surface area contributed by atoms with E-state index in [1.54, 1.807) is 0 Å². The maximum atomic E-state index is 9.37. The predicted octanol–water partition coefficient (Wildman–Crippen LogP) is 2.74. The van der Waals surface area contributed by atoms with Gasteiger partial charge in [-0.05, 0) is 29.2 Å². The molecule has 0 amide bonds. The van der Waals surface area contributed by atoms with Gasteiger partial charge in [0.15, 0.2) is 0 Å². The van der Waals surface area contributed by atoms with Gasteiger partial charge in [0, 0.05) is 18.8 Å². The first kappa shape index (κ1) is 11.3. The van der Waals surface area contributed by atoms with E-state index in [1.165, 1.54) is 16.8 Å². The Morgan fingerprint density at radius 1 is 0.944 bits per heavy atom. The van der Waals surface area contributed by atoms with Gasteiger partial charge in [0.05, 0.1) is 6.61 Å². The summed E-state index contributed by atoms with van der Waals surface area (Å²) in [5.41, 5.74) is 5.02. The molecule has 92 valence electrons. The third-order valence-electron chi connectivity index (χ3n) is 3.63. The standard InChI is InChI=1S/C16H17NO/c18-12-15-7-2-1-6-14(15)11-17-10-9-13-5-3-4-8-16(13)17/h1-8,18H,9-12H2. The Kier molecular flexibility index (Phi) is 3.03. The first-order valence-corrected chi connectivity index (χ1v) is 6.39. The number of fused-ring (bicyclic) bond motifs is 1. The number of hydrogen-bond acceptors (Lipinski definition) is 2. The highest BCUT2D eigenvalue weighted by Gasteiger charge is 2.18. The van der Waals surface area contributed by atoms with E-state index in [2.05, 4.69) is 35.2 Å². The molecule has 1 heterocycles. The van der Waals surface area contributed by atoms with Crippen LogP contribution >= 0.6 is 0 Å². The normalized spacial score (nSPS) is 13.7. The van der Waals surface area contributed by atoms with Crippen LogP contribution in [0.3, 0.4) is 0 Å². The van der Waals surface area contributed by atoms with Crippen molar-refractivity contribution >= 4 is 5.69 Å². The zero-order valence-corrected chi connectivity index (χ0v) is 10.3. The lowest BCUT2D eigenvalue weighted by Crippen LogP contribution is -2.20. The second-order valence-corrected chi connectivity index (χ2v) is 4.73. The zero-order valence-electron chi connectivity index (χ0n) is 10.3. The second kappa shape index (κ2) is 4.83. The first-order chi connectivity index (χ1) is 8.88. The van der Waals surface area contributed by atoms with E-state index < -0.39 is 0 Å². The largest absolute Gasteiger partial charge is 0.392 e. The molecule has 0 aliphatic carbocycles. The molecule has 0 atom stereocenters. The summed E-state index contributed by atoms with van der Waals surface area (Å²) in [5.74, 6) is 0. The van der Waals surface area contributed by atoms with Crippen molar-refractivity contribution in [2.75, 3.05) is 11.4 Å². The van der Waals surface area contributed by atoms with Crippen LogP contribution in [0.2, 0.25) is 0 Å². The fourth-order valence-corrected chi connectivity index (χ4v) is 2.64. The molecule has 0 unspecified atom stereocenters. The molecule has 0 spiro atoms. The summed E-state index contributed by atoms with van der Waals surface area (Å²) in [7, 11) is 0. The second-order valence-electron chi connectivity index (χ2n) is 4.73. The van der Waals surface area contributed by atoms with Crippen molar-refractivity contribution in [1.82, 2.24) is 0 Å². The lowest BCUT2D eigenvalue weighted by Gasteiger charge is -2.20. The van der Waals surface area contributed by atoms with E-state index in [9.17, 15) is 5.11 Å². The maximum Gasteiger partial charge on any atom is 0.0685 e. The lowest BCUT2D eigenvalue weighted by molar-refractivity contribution is 0.280. The number of benzene rings is 2. The summed E-state index contributed by atoms with van der Waals surface area (Å²) < 4.78 is 0. The molecule has 2 nitrogen and oxygen atoms in total. The Bertz CT molecular complexity index is 550. The van der Waals surface area contributed by atoms with Crippen LogP contribution in [0.25, 0.3) is 0 Å². The number of nitrogens with zero attached hydrogens (tertiary/aromatic N) is 1. The van der Waals surface area contributed by atoms with Crippen LogP contribution in [0.5, 0.6) is 0 Å². The first-order valence-electron chi connectivity index (χ1n) is 6.39. The molecule has 2 aromatic carbocycles. The highest BCUT2D eigenvalue weighted by Crippen LogP contribution is 2.29. The van der Waals surface area contributed by atoms with Gasteiger partial charge in [-0.3, -0.25) is 0 Å². The smallest absolute Gasteiger partial charge is 0.0685 e. The quantitative estimate of drug-likeness (QED) is 0.890. The minimum atomic E-state index is 0.117. The summed E-state index contributed by atoms with van der Waals surface area (Å²) in [6.07, 6.45) is 1.12. The Labute approximate surface area is 107 Å². The van der Waals surface area contributed by atoms with Crippen LogP contribution < -0.4 is 4.90 Å². The van der Waals surface area contributed by atoms with Gasteiger partial charge < -0.3 is 10.0 Å². The molecule has 3 rings (SSSR count). The molecule has 0 saturated heterocycles. The van der Waals surface area contributed by atoms with Crippen LogP contribution in [0, 0.1) is 0 Å². The molecule has 2 aromatic rings. The average molecular weight is 239 g/mol. The van der Waals surface area contributed by atoms with Gasteiger partial charge in [0.1, 0.15) is 0 Å². The number of rotatable bonds is 3. The van der Waals surface area contributed by atoms with E-state index in [1.807, 2.05) is 18.2 Å². The molecular formula is C16H17NO. The van der Waals surface area contributed by atoms with E-state index in [0.717, 1.165) is 25.1 Å². The summed E-state index contributed by atoms with van der Waals surface area (Å²) in [6, 6.07) is 16.7. The number of aliphatic hydroxyl groups is 1. The molecule has 1 aliphatic rings. The van der Waals surface area contributed by atoms with Crippen molar-refractivity contribution < 1.29 is 5.11 Å². The van der Waals surface area contributed by atoms with Crippen LogP contribution in [0.1, 0.15) is 16.7 Å². The van der Waals surface area contributed by atoms with Gasteiger partial charge in [0.25, 0.3) is 0 Å². The molecule has 0 saturated carbocycles. The van der Waals surface area contributed by atoms with Gasteiger partial charge in [0.2, 0.25) is 0 Å². The van der Waals surface area contributed by atoms with Crippen molar-refractivity contribution in [3.05, 3.63) is 65.2 Å². The number of para-hydroxylation sites is 1. The van der Waals surface area contributed by atoms with E-state index in [-0.39, 0.29) is 6.61 Å². The molecule has 0 bridgehead atoms. The summed E-state index contributed by atoms with van der Waals surface area (Å²) >= 11 is 0. The van der Waals surface area contributed by atoms with Gasteiger partial charge in [-0.2, -0.15) is 0 Å². The summed E-state index contributed by atoms with van der Waals surface area (Å²) in [6.45, 7) is 2.07. The molecule has 18 heavy (non-hydrogen) atoms. The summed E-state index contributed by atoms with van der Waals surface area (Å²) in [5, 5.41) is 9.37. The van der Waals surface area contributed by atoms with Crippen LogP contribution in [-0.2, 0) is 19.6 Å². The van der Waals surface area contributed by atoms with Crippen molar-refractivity contribution in [2.45, 2.75) is 19.6 Å². The van der Waals surface area contributed by atoms with Crippen molar-refractivity contribution in [1.29, 1.82) is 0 Å². The summed E-state index contributed by atoms with van der Waals surface area (Å²) in [4.78, 5) is 2.39. The fourth-order valence-electron chi connectivity index (χ4n) is 2.64. The van der Waals surface area contributed by atoms with Gasteiger partial charge in [-0.25, -0.2) is 0 Å². The maximum absolute atomic E-state index is 9.37. The third-order valence-corrected chi connectivity index (χ3v) is 3.63. The number of anilines is 1. The Morgan fingerprint density at radius 3 is 2.50 bits per heavy atom. The zero-order chi connectivity index (χ0) is 12.4. The Morgan fingerprint density at radius 2 is 1.67 bits per heavy atom. The van der Waals surface area contributed by atoms with Gasteiger partial charge in [-0.15, -0.1) is 0 Å². The van der Waals surface area contributed by atoms with Crippen LogP contribution in [0.4, 0.5) is 5.69 Å². The van der Waals surface area contributed by atoms with Crippen molar-refractivity contribution in [2.24, 2.45) is 0 Å². The van der Waals surface area contributed by atoms with E-state index in [0.29, 0.717) is 0 Å². The number of aliphatic hydroxyl groups excluding tert-OH is 1. The van der Waals surface area contributed by atoms with Crippen molar-refractivity contribution in [3.8, 4) is 0 Å². The fraction of sp³-hybridized carbons (Fsp3) is 0.250. The SMILES string of the molecule is OCc1ccccc1CN1CCc2ccccc21. The predicted molar refractivity (Wildman–Crippen MR) is 73.6 cm³/mol. The molecule has 2 heteroatoms. The van der Waals surface area contributed by atoms with Crippen molar-refractivity contribution in [3.63, 3.8) is 0 Å². The van der Waals surface area contributed by atoms with Gasteiger partial charge >= 0.3 is 0 Å². The molecule has 1 aliphatic heterocycles. The highest BCUT2D eigenvalue weighted by molar-refractivity contribution is 5.58. The Hall–Kier alpha value is -1.80. The highest BCUT2D eigenvalue weighted by atomic mass is 16.3. The minimum Gasteiger partial charge on any atom is -0.392 e. The van der Waals surface area contributed by atoms with Crippen LogP contribution in [-0.4, -0.2) is 11.7 Å². The molecule has 1 N–H and O–H groups in total. The number of hydrogen-bond donors (Lipinski definition) is 1. The monoisotopic (exact) mass is 239 g/mol. The average Bonchev–Trinajstić information content (AvgIpc) is 2.83. The topological polar surface area (TPSA) is 23.5 Å². The molecule has 0 radical (unpaired) electrons. The van der Waals surface area contributed by atoms with Crippen LogP contribution in [0.15, 0.2) is 48.5 Å². The molecule has 0 aromatic heterocycles. The lowest BCUT2D eigenvalue weighted by atomic mass is 10.1. The third kappa shape index (κ3) is 2.00. The van der Waals surface area contributed by atoms with Gasteiger partial charge in [-0.1, -0.05) is 42.5 Å². The Balaban J connectivity index is 1.86. The molecule has 0 fully saturated rings. The van der Waals surface area contributed by atoms with E-state index >= 15 is 0 Å².